The summed E-state index contributed by atoms with van der Waals surface area (Å²) in [5, 5.41) is -0.262. The molecule has 0 amide bonds. The largest absolute Gasteiger partial charge is 0.382 e. The van der Waals surface area contributed by atoms with E-state index in [0.29, 0.717) is 17.7 Å². The highest BCUT2D eigenvalue weighted by Crippen LogP contribution is 2.32. The topological polar surface area (TPSA) is 27.1 Å². The first-order chi connectivity index (χ1) is 9.27. The predicted molar refractivity (Wildman–Crippen MR) is 79.9 cm³/mol. The van der Waals surface area contributed by atoms with Crippen LogP contribution in [0.3, 0.4) is 0 Å². The van der Waals surface area contributed by atoms with Crippen molar-refractivity contribution in [2.24, 2.45) is 0 Å². The second-order valence-corrected chi connectivity index (χ2v) is 6.41. The van der Waals surface area contributed by atoms with E-state index in [0.717, 1.165) is 11.3 Å². The molecule has 0 bridgehead atoms. The van der Waals surface area contributed by atoms with Gasteiger partial charge in [-0.3, -0.25) is 0 Å². The van der Waals surface area contributed by atoms with Crippen molar-refractivity contribution in [3.05, 3.63) is 29.3 Å². The quantitative estimate of drug-likeness (QED) is 0.792. The molecule has 1 unspecified atom stereocenters. The highest BCUT2D eigenvalue weighted by Gasteiger charge is 2.28. The first-order valence-corrected chi connectivity index (χ1v) is 7.03. The summed E-state index contributed by atoms with van der Waals surface area (Å²) in [6.45, 7) is 8.24. The van der Waals surface area contributed by atoms with Crippen LogP contribution in [-0.2, 0) is 10.3 Å². The summed E-state index contributed by atoms with van der Waals surface area (Å²) in [5.74, 6) is 0.481. The third-order valence-electron chi connectivity index (χ3n) is 3.42. The molecule has 0 aliphatic rings. The minimum absolute atomic E-state index is 0.250. The van der Waals surface area contributed by atoms with E-state index in [1.165, 1.54) is 6.07 Å². The Bertz CT molecular complexity index is 634. The molecular weight excluding hydrogens is 279 g/mol. The van der Waals surface area contributed by atoms with E-state index in [-0.39, 0.29) is 16.7 Å². The van der Waals surface area contributed by atoms with Crippen LogP contribution < -0.4 is 0 Å². The van der Waals surface area contributed by atoms with Gasteiger partial charge in [-0.25, -0.2) is 9.37 Å². The summed E-state index contributed by atoms with van der Waals surface area (Å²) >= 11 is 6.25. The van der Waals surface area contributed by atoms with Crippen LogP contribution in [-0.4, -0.2) is 23.3 Å². The SMILES string of the molecule is COCC(C)(C)n1c(C(C)Cl)nc2cc(F)c(C)cc21. The number of imidazole rings is 1. The second kappa shape index (κ2) is 5.34. The zero-order chi connectivity index (χ0) is 15.1. The third kappa shape index (κ3) is 2.54. The van der Waals surface area contributed by atoms with Crippen molar-refractivity contribution in [2.45, 2.75) is 38.6 Å². The maximum Gasteiger partial charge on any atom is 0.128 e. The fourth-order valence-electron chi connectivity index (χ4n) is 2.54. The van der Waals surface area contributed by atoms with Crippen LogP contribution in [0.4, 0.5) is 4.39 Å². The Hall–Kier alpha value is -1.13. The highest BCUT2D eigenvalue weighted by molar-refractivity contribution is 6.20. The molecule has 1 aromatic heterocycles. The molecule has 1 heterocycles. The zero-order valence-electron chi connectivity index (χ0n) is 12.5. The Balaban J connectivity index is 2.78. The number of rotatable bonds is 4. The van der Waals surface area contributed by atoms with Crippen LogP contribution in [0.5, 0.6) is 0 Å². The highest BCUT2D eigenvalue weighted by atomic mass is 35.5. The Kier molecular flexibility index (Phi) is 4.07. The summed E-state index contributed by atoms with van der Waals surface area (Å²) in [5.41, 5.74) is 1.79. The molecule has 0 fully saturated rings. The van der Waals surface area contributed by atoms with Crippen molar-refractivity contribution in [3.63, 3.8) is 0 Å². The Morgan fingerprint density at radius 3 is 2.65 bits per heavy atom. The number of benzene rings is 1. The second-order valence-electron chi connectivity index (χ2n) is 5.76. The fraction of sp³-hybridized carbons (Fsp3) is 0.533. The first kappa shape index (κ1) is 15.3. The minimum atomic E-state index is -0.313. The molecule has 0 radical (unpaired) electrons. The van der Waals surface area contributed by atoms with Gasteiger partial charge >= 0.3 is 0 Å². The molecule has 2 aromatic rings. The molecule has 0 spiro atoms. The van der Waals surface area contributed by atoms with E-state index in [9.17, 15) is 4.39 Å². The van der Waals surface area contributed by atoms with E-state index >= 15 is 0 Å². The third-order valence-corrected chi connectivity index (χ3v) is 3.61. The molecule has 2 rings (SSSR count). The summed E-state index contributed by atoms with van der Waals surface area (Å²) in [7, 11) is 1.66. The van der Waals surface area contributed by atoms with Crippen molar-refractivity contribution in [1.82, 2.24) is 9.55 Å². The van der Waals surface area contributed by atoms with Gasteiger partial charge < -0.3 is 9.30 Å². The number of methoxy groups -OCH3 is 1. The monoisotopic (exact) mass is 298 g/mol. The van der Waals surface area contributed by atoms with Crippen molar-refractivity contribution >= 4 is 22.6 Å². The summed E-state index contributed by atoms with van der Waals surface area (Å²) in [6, 6.07) is 3.28. The molecule has 0 saturated carbocycles. The molecule has 0 saturated heterocycles. The van der Waals surface area contributed by atoms with Crippen molar-refractivity contribution in [1.29, 1.82) is 0 Å². The van der Waals surface area contributed by atoms with Crippen molar-refractivity contribution in [3.8, 4) is 0 Å². The lowest BCUT2D eigenvalue weighted by Gasteiger charge is -2.29. The van der Waals surface area contributed by atoms with E-state index in [2.05, 4.69) is 23.4 Å². The number of halogens is 2. The minimum Gasteiger partial charge on any atom is -0.382 e. The van der Waals surface area contributed by atoms with Crippen molar-refractivity contribution in [2.75, 3.05) is 13.7 Å². The van der Waals surface area contributed by atoms with Gasteiger partial charge in [0.1, 0.15) is 11.6 Å². The Morgan fingerprint density at radius 2 is 2.10 bits per heavy atom. The van der Waals surface area contributed by atoms with Crippen LogP contribution >= 0.6 is 11.6 Å². The molecule has 5 heteroatoms. The van der Waals surface area contributed by atoms with Crippen LogP contribution in [0.2, 0.25) is 0 Å². The van der Waals surface area contributed by atoms with E-state index < -0.39 is 0 Å². The predicted octanol–water partition coefficient (Wildman–Crippen LogP) is 4.17. The number of aromatic nitrogens is 2. The van der Waals surface area contributed by atoms with Gasteiger partial charge in [0.25, 0.3) is 0 Å². The molecule has 110 valence electrons. The van der Waals surface area contributed by atoms with Gasteiger partial charge in [0.05, 0.1) is 28.6 Å². The maximum atomic E-state index is 13.7. The number of hydrogen-bond donors (Lipinski definition) is 0. The van der Waals surface area contributed by atoms with Gasteiger partial charge in [-0.05, 0) is 39.3 Å². The van der Waals surface area contributed by atoms with Gasteiger partial charge in [-0.15, -0.1) is 11.6 Å². The van der Waals surface area contributed by atoms with Gasteiger partial charge in [0, 0.05) is 13.2 Å². The van der Waals surface area contributed by atoms with Crippen molar-refractivity contribution < 1.29 is 9.13 Å². The molecule has 1 atom stereocenters. The van der Waals surface area contributed by atoms with Crippen LogP contribution in [0.25, 0.3) is 11.0 Å². The lowest BCUT2D eigenvalue weighted by atomic mass is 10.1. The number of ether oxygens (including phenoxy) is 1. The average molecular weight is 299 g/mol. The molecule has 0 aliphatic carbocycles. The first-order valence-electron chi connectivity index (χ1n) is 6.60. The lowest BCUT2D eigenvalue weighted by Crippen LogP contribution is -2.33. The van der Waals surface area contributed by atoms with Gasteiger partial charge in [-0.1, -0.05) is 0 Å². The summed E-state index contributed by atoms with van der Waals surface area (Å²) < 4.78 is 21.1. The van der Waals surface area contributed by atoms with Gasteiger partial charge in [-0.2, -0.15) is 0 Å². The molecule has 20 heavy (non-hydrogen) atoms. The molecular formula is C15H20ClFN2O. The number of alkyl halides is 1. The maximum absolute atomic E-state index is 13.7. The zero-order valence-corrected chi connectivity index (χ0v) is 13.3. The van der Waals surface area contributed by atoms with E-state index in [1.807, 2.05) is 13.0 Å². The molecule has 1 aromatic carbocycles. The number of fused-ring (bicyclic) bond motifs is 1. The Morgan fingerprint density at radius 1 is 1.45 bits per heavy atom. The number of aryl methyl sites for hydroxylation is 1. The van der Waals surface area contributed by atoms with E-state index in [1.54, 1.807) is 14.0 Å². The molecule has 0 N–H and O–H groups in total. The Labute approximate surface area is 123 Å². The number of hydrogen-bond acceptors (Lipinski definition) is 2. The number of nitrogens with zero attached hydrogens (tertiary/aromatic N) is 2. The normalized spacial score (nSPS) is 13.9. The fourth-order valence-corrected chi connectivity index (χ4v) is 2.69. The van der Waals surface area contributed by atoms with Gasteiger partial charge in [0.15, 0.2) is 0 Å². The molecule has 3 nitrogen and oxygen atoms in total. The molecule has 0 aliphatic heterocycles. The van der Waals surface area contributed by atoms with E-state index in [4.69, 9.17) is 16.3 Å². The summed E-state index contributed by atoms with van der Waals surface area (Å²) in [4.78, 5) is 4.50. The van der Waals surface area contributed by atoms with Crippen LogP contribution in [0.15, 0.2) is 12.1 Å². The van der Waals surface area contributed by atoms with Crippen LogP contribution in [0, 0.1) is 12.7 Å². The standard InChI is InChI=1S/C15H20ClFN2O/c1-9-6-13-12(7-11(9)17)18-14(10(2)16)19(13)15(3,4)8-20-5/h6-7,10H,8H2,1-5H3. The smallest absolute Gasteiger partial charge is 0.128 e. The average Bonchev–Trinajstić information content (AvgIpc) is 2.69. The lowest BCUT2D eigenvalue weighted by molar-refractivity contribution is 0.110. The van der Waals surface area contributed by atoms with Crippen LogP contribution in [0.1, 0.15) is 37.5 Å². The summed E-state index contributed by atoms with van der Waals surface area (Å²) in [6.07, 6.45) is 0. The van der Waals surface area contributed by atoms with Gasteiger partial charge in [0.2, 0.25) is 0 Å².